The van der Waals surface area contributed by atoms with Gasteiger partial charge in [0, 0.05) is 32.7 Å². The van der Waals surface area contributed by atoms with E-state index in [2.05, 4.69) is 42.3 Å². The lowest BCUT2D eigenvalue weighted by Gasteiger charge is -2.44. The fourth-order valence-electron chi connectivity index (χ4n) is 2.82. The molecule has 1 fully saturated rings. The molecule has 0 radical (unpaired) electrons. The molecule has 0 saturated carbocycles. The Balaban J connectivity index is 1.40. The first-order valence-electron chi connectivity index (χ1n) is 7.59. The molecule has 1 aliphatic rings. The Bertz CT molecular complexity index is 830. The van der Waals surface area contributed by atoms with Gasteiger partial charge in [0.05, 0.1) is 11.9 Å². The van der Waals surface area contributed by atoms with Crippen molar-refractivity contribution in [3.05, 3.63) is 29.8 Å². The molecule has 9 heteroatoms. The highest BCUT2D eigenvalue weighted by Gasteiger charge is 2.31. The van der Waals surface area contributed by atoms with Crippen LogP contribution < -0.4 is 4.90 Å². The fraction of sp³-hybridized carbons (Fsp3) is 0.500. The first-order chi connectivity index (χ1) is 11.1. The Kier molecular flexibility index (Phi) is 3.22. The van der Waals surface area contributed by atoms with Crippen molar-refractivity contribution >= 4 is 11.5 Å². The minimum Gasteiger partial charge on any atom is -0.352 e. The minimum absolute atomic E-state index is 0.497. The van der Waals surface area contributed by atoms with E-state index in [1.165, 1.54) is 0 Å². The second-order valence-electron chi connectivity index (χ2n) is 6.01. The normalized spacial score (nSPS) is 15.6. The average molecular weight is 313 g/mol. The van der Waals surface area contributed by atoms with Crippen molar-refractivity contribution in [2.75, 3.05) is 25.0 Å². The summed E-state index contributed by atoms with van der Waals surface area (Å²) in [5.41, 5.74) is 1.77. The van der Waals surface area contributed by atoms with Gasteiger partial charge in [0.15, 0.2) is 11.5 Å². The van der Waals surface area contributed by atoms with E-state index in [9.17, 15) is 0 Å². The number of fused-ring (bicyclic) bond motifs is 1. The second kappa shape index (κ2) is 5.27. The Morgan fingerprint density at radius 3 is 2.78 bits per heavy atom. The van der Waals surface area contributed by atoms with E-state index in [-0.39, 0.29) is 0 Å². The number of aromatic nitrogens is 7. The molecule has 0 aliphatic carbocycles. The number of rotatable bonds is 4. The van der Waals surface area contributed by atoms with Gasteiger partial charge in [0.1, 0.15) is 5.82 Å². The molecule has 120 valence electrons. The van der Waals surface area contributed by atoms with E-state index in [1.807, 2.05) is 32.3 Å². The molecule has 0 atom stereocenters. The topological polar surface area (TPSA) is 80.3 Å². The van der Waals surface area contributed by atoms with Gasteiger partial charge in [0.25, 0.3) is 0 Å². The predicted octanol–water partition coefficient (Wildman–Crippen LogP) is -0.118. The second-order valence-corrected chi connectivity index (χ2v) is 6.01. The molecule has 0 N–H and O–H groups in total. The summed E-state index contributed by atoms with van der Waals surface area (Å²) < 4.78 is 1.78. The Hall–Kier alpha value is -2.55. The van der Waals surface area contributed by atoms with E-state index in [1.54, 1.807) is 9.31 Å². The molecule has 3 aromatic rings. The summed E-state index contributed by atoms with van der Waals surface area (Å²) >= 11 is 0. The third-order valence-electron chi connectivity index (χ3n) is 4.27. The van der Waals surface area contributed by atoms with Crippen LogP contribution in [-0.2, 0) is 13.6 Å². The summed E-state index contributed by atoms with van der Waals surface area (Å²) in [6.07, 6.45) is 1.82. The van der Waals surface area contributed by atoms with Crippen molar-refractivity contribution < 1.29 is 0 Å². The van der Waals surface area contributed by atoms with Crippen LogP contribution in [0.25, 0.3) is 5.65 Å². The molecule has 0 aromatic carbocycles. The summed E-state index contributed by atoms with van der Waals surface area (Å²) in [6.45, 7) is 4.63. The maximum Gasteiger partial charge on any atom is 0.178 e. The highest BCUT2D eigenvalue weighted by Crippen LogP contribution is 2.22. The monoisotopic (exact) mass is 313 g/mol. The molecule has 4 heterocycles. The lowest BCUT2D eigenvalue weighted by Crippen LogP contribution is -2.58. The lowest BCUT2D eigenvalue weighted by atomic mass is 10.1. The van der Waals surface area contributed by atoms with E-state index in [0.717, 1.165) is 42.6 Å². The van der Waals surface area contributed by atoms with Crippen LogP contribution >= 0.6 is 0 Å². The van der Waals surface area contributed by atoms with Crippen molar-refractivity contribution in [3.8, 4) is 0 Å². The number of hydrogen-bond donors (Lipinski definition) is 0. The van der Waals surface area contributed by atoms with Crippen molar-refractivity contribution in [2.24, 2.45) is 7.05 Å². The van der Waals surface area contributed by atoms with Crippen LogP contribution in [0, 0.1) is 6.92 Å². The van der Waals surface area contributed by atoms with Crippen LogP contribution in [0.2, 0.25) is 0 Å². The molecule has 0 spiro atoms. The highest BCUT2D eigenvalue weighted by molar-refractivity contribution is 5.47. The van der Waals surface area contributed by atoms with Gasteiger partial charge in [-0.25, -0.2) is 0 Å². The van der Waals surface area contributed by atoms with Gasteiger partial charge in [-0.2, -0.15) is 19.5 Å². The molecule has 1 aliphatic heterocycles. The predicted molar refractivity (Wildman–Crippen MR) is 84.0 cm³/mol. The van der Waals surface area contributed by atoms with Gasteiger partial charge in [-0.1, -0.05) is 0 Å². The molecule has 0 bridgehead atoms. The van der Waals surface area contributed by atoms with Gasteiger partial charge < -0.3 is 4.90 Å². The Morgan fingerprint density at radius 1 is 1.22 bits per heavy atom. The van der Waals surface area contributed by atoms with Crippen LogP contribution in [0.4, 0.5) is 5.82 Å². The maximum absolute atomic E-state index is 4.61. The van der Waals surface area contributed by atoms with E-state index in [0.29, 0.717) is 6.04 Å². The standard InChI is InChI=1S/C14H19N9/c1-10-16-17-13-4-5-14(19-23(10)13)22-8-12(9-22)20(2)7-11-6-15-21(3)18-11/h4-6,12H,7-9H2,1-3H3. The van der Waals surface area contributed by atoms with Crippen molar-refractivity contribution in [3.63, 3.8) is 0 Å². The number of aryl methyl sites for hydroxylation is 2. The molecule has 23 heavy (non-hydrogen) atoms. The summed E-state index contributed by atoms with van der Waals surface area (Å²) in [7, 11) is 3.96. The number of hydrogen-bond acceptors (Lipinski definition) is 7. The van der Waals surface area contributed by atoms with Crippen LogP contribution in [0.15, 0.2) is 18.3 Å². The maximum atomic E-state index is 4.61. The van der Waals surface area contributed by atoms with Gasteiger partial charge in [-0.3, -0.25) is 4.90 Å². The fourth-order valence-corrected chi connectivity index (χ4v) is 2.82. The SMILES string of the molecule is Cc1nnc2ccc(N3CC(N(C)Cc4cnn(C)n4)C3)nn12. The van der Waals surface area contributed by atoms with Gasteiger partial charge in [0.2, 0.25) is 0 Å². The molecule has 4 rings (SSSR count). The summed E-state index contributed by atoms with van der Waals surface area (Å²) in [6, 6.07) is 4.46. The third kappa shape index (κ3) is 2.52. The number of likely N-dealkylation sites (N-methyl/N-ethyl adjacent to an activating group) is 1. The molecule has 3 aromatic heterocycles. The van der Waals surface area contributed by atoms with Gasteiger partial charge in [-0.05, 0) is 26.1 Å². The smallest absolute Gasteiger partial charge is 0.178 e. The molecule has 1 saturated heterocycles. The van der Waals surface area contributed by atoms with Crippen LogP contribution in [0.3, 0.4) is 0 Å². The van der Waals surface area contributed by atoms with E-state index >= 15 is 0 Å². The summed E-state index contributed by atoms with van der Waals surface area (Å²) in [4.78, 5) is 6.16. The first-order valence-corrected chi connectivity index (χ1v) is 7.59. The zero-order chi connectivity index (χ0) is 16.0. The van der Waals surface area contributed by atoms with Crippen molar-refractivity contribution in [2.45, 2.75) is 19.5 Å². The van der Waals surface area contributed by atoms with Crippen LogP contribution in [0.1, 0.15) is 11.5 Å². The molecule has 9 nitrogen and oxygen atoms in total. The largest absolute Gasteiger partial charge is 0.352 e. The van der Waals surface area contributed by atoms with Gasteiger partial charge in [-0.15, -0.1) is 15.3 Å². The molecule has 0 unspecified atom stereocenters. The average Bonchev–Trinajstić information content (AvgIpc) is 3.04. The minimum atomic E-state index is 0.497. The van der Waals surface area contributed by atoms with Gasteiger partial charge >= 0.3 is 0 Å². The first kappa shape index (κ1) is 14.1. The zero-order valence-electron chi connectivity index (χ0n) is 13.5. The Labute approximate surface area is 133 Å². The van der Waals surface area contributed by atoms with Crippen molar-refractivity contribution in [1.82, 2.24) is 39.7 Å². The molecule has 0 amide bonds. The highest BCUT2D eigenvalue weighted by atomic mass is 15.5. The van der Waals surface area contributed by atoms with E-state index in [4.69, 9.17) is 0 Å². The molecular formula is C14H19N9. The van der Waals surface area contributed by atoms with Crippen molar-refractivity contribution in [1.29, 1.82) is 0 Å². The quantitative estimate of drug-likeness (QED) is 0.664. The molecular weight excluding hydrogens is 294 g/mol. The third-order valence-corrected chi connectivity index (χ3v) is 4.27. The van der Waals surface area contributed by atoms with E-state index < -0.39 is 0 Å². The van der Waals surface area contributed by atoms with Crippen LogP contribution in [-0.4, -0.2) is 65.9 Å². The number of anilines is 1. The number of nitrogens with zero attached hydrogens (tertiary/aromatic N) is 9. The zero-order valence-corrected chi connectivity index (χ0v) is 13.5. The van der Waals surface area contributed by atoms with Crippen LogP contribution in [0.5, 0.6) is 0 Å². The lowest BCUT2D eigenvalue weighted by molar-refractivity contribution is 0.194. The summed E-state index contributed by atoms with van der Waals surface area (Å²) in [5.74, 6) is 1.77. The Morgan fingerprint density at radius 2 is 2.04 bits per heavy atom. The summed E-state index contributed by atoms with van der Waals surface area (Å²) in [5, 5.41) is 21.2.